The highest BCUT2D eigenvalue weighted by Gasteiger charge is 2.18. The Bertz CT molecular complexity index is 936. The number of hydrogen-bond donors (Lipinski definition) is 1. The fourth-order valence-electron chi connectivity index (χ4n) is 3.21. The van der Waals surface area contributed by atoms with Gasteiger partial charge >= 0.3 is 0 Å². The van der Waals surface area contributed by atoms with E-state index < -0.39 is 0 Å². The van der Waals surface area contributed by atoms with E-state index in [0.717, 1.165) is 42.6 Å². The van der Waals surface area contributed by atoms with Crippen molar-refractivity contribution in [2.75, 3.05) is 31.1 Å². The number of anilines is 1. The molecule has 4 rings (SSSR count). The lowest BCUT2D eigenvalue weighted by atomic mass is 10.2. The van der Waals surface area contributed by atoms with Crippen LogP contribution in [0.4, 0.5) is 5.69 Å². The number of imidazole rings is 1. The highest BCUT2D eigenvalue weighted by atomic mass is 127. The number of rotatable bonds is 4. The number of halogens is 2. The number of guanidine groups is 1. The maximum atomic E-state index is 6.24. The highest BCUT2D eigenvalue weighted by molar-refractivity contribution is 14.0. The number of benzene rings is 1. The summed E-state index contributed by atoms with van der Waals surface area (Å²) in [7, 11) is 0. The van der Waals surface area contributed by atoms with Crippen molar-refractivity contribution in [1.82, 2.24) is 19.4 Å². The van der Waals surface area contributed by atoms with E-state index in [1.807, 2.05) is 35.0 Å². The summed E-state index contributed by atoms with van der Waals surface area (Å²) in [5.41, 5.74) is 8.48. The zero-order valence-corrected chi connectivity index (χ0v) is 18.9. The van der Waals surface area contributed by atoms with Gasteiger partial charge in [-0.3, -0.25) is 4.57 Å². The van der Waals surface area contributed by atoms with Gasteiger partial charge in [-0.05, 0) is 42.0 Å². The van der Waals surface area contributed by atoms with Gasteiger partial charge in [-0.1, -0.05) is 11.6 Å². The standard InChI is InChI=1S/C20H22ClN7.HI/c21-17-1-3-18(4-2-17)26-9-11-27(12-10-26)20(22)25-14-16-5-6-24-19(13-16)28-8-7-23-15-28;/h1-8,13,15H,9-12,14H2,(H2,22,25);1H. The first-order valence-corrected chi connectivity index (χ1v) is 9.55. The molecule has 3 heterocycles. The first-order valence-electron chi connectivity index (χ1n) is 9.18. The zero-order chi connectivity index (χ0) is 19.3. The molecule has 1 saturated heterocycles. The maximum Gasteiger partial charge on any atom is 0.191 e. The second kappa shape index (κ2) is 9.93. The molecule has 0 aliphatic carbocycles. The Morgan fingerprint density at radius 2 is 1.83 bits per heavy atom. The maximum absolute atomic E-state index is 6.24. The largest absolute Gasteiger partial charge is 0.370 e. The highest BCUT2D eigenvalue weighted by Crippen LogP contribution is 2.19. The Morgan fingerprint density at radius 3 is 2.52 bits per heavy atom. The molecule has 0 unspecified atom stereocenters. The van der Waals surface area contributed by atoms with Crippen LogP contribution in [0.2, 0.25) is 5.02 Å². The van der Waals surface area contributed by atoms with Crippen molar-refractivity contribution >= 4 is 47.2 Å². The van der Waals surface area contributed by atoms with Crippen molar-refractivity contribution in [1.29, 1.82) is 0 Å². The minimum Gasteiger partial charge on any atom is -0.370 e. The third-order valence-electron chi connectivity index (χ3n) is 4.80. The quantitative estimate of drug-likeness (QED) is 0.323. The summed E-state index contributed by atoms with van der Waals surface area (Å²) < 4.78 is 1.87. The Labute approximate surface area is 192 Å². The SMILES string of the molecule is I.NC(=NCc1ccnc(-n2ccnc2)c1)N1CCN(c2ccc(Cl)cc2)CC1. The van der Waals surface area contributed by atoms with Gasteiger partial charge in [0.2, 0.25) is 0 Å². The minimum absolute atomic E-state index is 0. The van der Waals surface area contributed by atoms with Crippen LogP contribution in [0.15, 0.2) is 66.3 Å². The molecule has 9 heteroatoms. The van der Waals surface area contributed by atoms with Gasteiger partial charge < -0.3 is 15.5 Å². The fraction of sp³-hybridized carbons (Fsp3) is 0.250. The third-order valence-corrected chi connectivity index (χ3v) is 5.05. The molecule has 1 fully saturated rings. The normalized spacial score (nSPS) is 14.6. The average Bonchev–Trinajstić information content (AvgIpc) is 3.28. The first-order chi connectivity index (χ1) is 13.7. The van der Waals surface area contributed by atoms with Crippen LogP contribution >= 0.6 is 35.6 Å². The van der Waals surface area contributed by atoms with Crippen LogP contribution in [-0.2, 0) is 6.54 Å². The first kappa shape index (κ1) is 21.4. The molecule has 0 radical (unpaired) electrons. The number of aromatic nitrogens is 3. The van der Waals surface area contributed by atoms with Gasteiger partial charge in [-0.25, -0.2) is 15.0 Å². The number of nitrogens with two attached hydrogens (primary N) is 1. The summed E-state index contributed by atoms with van der Waals surface area (Å²) >= 11 is 5.97. The smallest absolute Gasteiger partial charge is 0.191 e. The number of aliphatic imine (C=N–C) groups is 1. The second-order valence-electron chi connectivity index (χ2n) is 6.62. The lowest BCUT2D eigenvalue weighted by molar-refractivity contribution is 0.380. The van der Waals surface area contributed by atoms with E-state index in [2.05, 4.69) is 36.9 Å². The lowest BCUT2D eigenvalue weighted by Crippen LogP contribution is -2.51. The monoisotopic (exact) mass is 523 g/mol. The van der Waals surface area contributed by atoms with Gasteiger partial charge in [0.1, 0.15) is 12.1 Å². The van der Waals surface area contributed by atoms with Crippen molar-refractivity contribution in [3.05, 3.63) is 71.9 Å². The molecule has 29 heavy (non-hydrogen) atoms. The molecule has 3 aromatic rings. The molecule has 0 saturated carbocycles. The molecule has 1 aliphatic rings. The van der Waals surface area contributed by atoms with Gasteiger partial charge in [0, 0.05) is 55.5 Å². The van der Waals surface area contributed by atoms with Gasteiger partial charge in [-0.2, -0.15) is 0 Å². The number of pyridine rings is 1. The van der Waals surface area contributed by atoms with Crippen LogP contribution in [-0.4, -0.2) is 51.6 Å². The summed E-state index contributed by atoms with van der Waals surface area (Å²) in [5, 5.41) is 0.756. The predicted octanol–water partition coefficient (Wildman–Crippen LogP) is 3.18. The van der Waals surface area contributed by atoms with Gasteiger partial charge in [0.05, 0.1) is 6.54 Å². The van der Waals surface area contributed by atoms with Crippen LogP contribution in [0, 0.1) is 0 Å². The molecule has 7 nitrogen and oxygen atoms in total. The Kier molecular flexibility index (Phi) is 7.32. The molecule has 0 amide bonds. The van der Waals surface area contributed by atoms with E-state index in [0.29, 0.717) is 12.5 Å². The van der Waals surface area contributed by atoms with E-state index in [1.54, 1.807) is 18.7 Å². The van der Waals surface area contributed by atoms with E-state index >= 15 is 0 Å². The van der Waals surface area contributed by atoms with Gasteiger partial charge in [0.25, 0.3) is 0 Å². The predicted molar refractivity (Wildman–Crippen MR) is 127 cm³/mol. The summed E-state index contributed by atoms with van der Waals surface area (Å²) in [4.78, 5) is 17.5. The summed E-state index contributed by atoms with van der Waals surface area (Å²) in [6.45, 7) is 4.01. The Morgan fingerprint density at radius 1 is 1.07 bits per heavy atom. The van der Waals surface area contributed by atoms with Crippen molar-refractivity contribution < 1.29 is 0 Å². The van der Waals surface area contributed by atoms with E-state index in [1.165, 1.54) is 5.69 Å². The molecule has 2 aromatic heterocycles. The van der Waals surface area contributed by atoms with Crippen LogP contribution < -0.4 is 10.6 Å². The van der Waals surface area contributed by atoms with Crippen molar-refractivity contribution in [3.8, 4) is 5.82 Å². The minimum atomic E-state index is 0. The third kappa shape index (κ3) is 5.39. The van der Waals surface area contributed by atoms with E-state index in [9.17, 15) is 0 Å². The molecular formula is C20H23ClIN7. The van der Waals surface area contributed by atoms with E-state index in [4.69, 9.17) is 17.3 Å². The number of piperazine rings is 1. The van der Waals surface area contributed by atoms with Crippen LogP contribution in [0.1, 0.15) is 5.56 Å². The number of nitrogens with zero attached hydrogens (tertiary/aromatic N) is 6. The van der Waals surface area contributed by atoms with Crippen molar-refractivity contribution in [3.63, 3.8) is 0 Å². The Hall–Kier alpha value is -2.33. The topological polar surface area (TPSA) is 75.6 Å². The molecule has 152 valence electrons. The molecule has 1 aromatic carbocycles. The van der Waals surface area contributed by atoms with Gasteiger partial charge in [-0.15, -0.1) is 24.0 Å². The number of hydrogen-bond acceptors (Lipinski definition) is 4. The average molecular weight is 524 g/mol. The molecular weight excluding hydrogens is 501 g/mol. The molecule has 0 bridgehead atoms. The fourth-order valence-corrected chi connectivity index (χ4v) is 3.34. The zero-order valence-electron chi connectivity index (χ0n) is 15.9. The molecule has 0 spiro atoms. The van der Waals surface area contributed by atoms with Crippen molar-refractivity contribution in [2.24, 2.45) is 10.7 Å². The second-order valence-corrected chi connectivity index (χ2v) is 7.05. The Balaban J connectivity index is 0.00000240. The lowest BCUT2D eigenvalue weighted by Gasteiger charge is -2.36. The summed E-state index contributed by atoms with van der Waals surface area (Å²) in [6.07, 6.45) is 7.10. The van der Waals surface area contributed by atoms with Crippen molar-refractivity contribution in [2.45, 2.75) is 6.54 Å². The summed E-state index contributed by atoms with van der Waals surface area (Å²) in [5.74, 6) is 1.40. The van der Waals surface area contributed by atoms with Gasteiger partial charge in [0.15, 0.2) is 5.96 Å². The van der Waals surface area contributed by atoms with Crippen LogP contribution in [0.3, 0.4) is 0 Å². The molecule has 2 N–H and O–H groups in total. The van der Waals surface area contributed by atoms with E-state index in [-0.39, 0.29) is 24.0 Å². The molecule has 1 aliphatic heterocycles. The summed E-state index contributed by atoms with van der Waals surface area (Å²) in [6, 6.07) is 11.9. The van der Waals surface area contributed by atoms with Crippen LogP contribution in [0.25, 0.3) is 5.82 Å². The molecule has 0 atom stereocenters. The van der Waals surface area contributed by atoms with Crippen LogP contribution in [0.5, 0.6) is 0 Å².